The highest BCUT2D eigenvalue weighted by Crippen LogP contribution is 2.45. The molecule has 0 amide bonds. The summed E-state index contributed by atoms with van der Waals surface area (Å²) in [5.74, 6) is 0.497. The van der Waals surface area contributed by atoms with Gasteiger partial charge in [-0.15, -0.1) is 0 Å². The summed E-state index contributed by atoms with van der Waals surface area (Å²) in [6.45, 7) is 2.22. The summed E-state index contributed by atoms with van der Waals surface area (Å²) < 4.78 is 44.4. The maximum Gasteiger partial charge on any atom is 0.416 e. The summed E-state index contributed by atoms with van der Waals surface area (Å²) in [5.41, 5.74) is 0.683. The molecule has 7 heteroatoms. The van der Waals surface area contributed by atoms with Crippen molar-refractivity contribution in [2.45, 2.75) is 49.7 Å². The van der Waals surface area contributed by atoms with E-state index in [9.17, 15) is 18.3 Å². The van der Waals surface area contributed by atoms with Gasteiger partial charge >= 0.3 is 6.18 Å². The summed E-state index contributed by atoms with van der Waals surface area (Å²) in [5, 5.41) is 10.7. The summed E-state index contributed by atoms with van der Waals surface area (Å²) in [6.07, 6.45) is 0.982. The zero-order chi connectivity index (χ0) is 22.8. The predicted octanol–water partition coefficient (Wildman–Crippen LogP) is 5.93. The molecule has 1 aliphatic heterocycles. The maximum atomic E-state index is 12.8. The molecule has 1 aliphatic carbocycles. The zero-order valence-corrected chi connectivity index (χ0v) is 18.7. The smallest absolute Gasteiger partial charge is 0.416 e. The van der Waals surface area contributed by atoms with Crippen molar-refractivity contribution >= 4 is 11.6 Å². The van der Waals surface area contributed by atoms with Crippen molar-refractivity contribution in [1.82, 2.24) is 4.90 Å². The Morgan fingerprint density at radius 2 is 1.72 bits per heavy atom. The topological polar surface area (TPSA) is 32.7 Å². The first kappa shape index (κ1) is 23.4. The van der Waals surface area contributed by atoms with Gasteiger partial charge in [0, 0.05) is 35.5 Å². The SMILES string of the molecule is OCC1CCCN(CC2(c3ccc(Cl)cc3)CCC2)C1COc1ccc(C(F)(F)F)cc1. The van der Waals surface area contributed by atoms with E-state index in [0.29, 0.717) is 12.4 Å². The van der Waals surface area contributed by atoms with E-state index < -0.39 is 11.7 Å². The third-order valence-electron chi connectivity index (χ3n) is 7.14. The summed E-state index contributed by atoms with van der Waals surface area (Å²) >= 11 is 6.09. The molecule has 2 fully saturated rings. The third kappa shape index (κ3) is 5.08. The fourth-order valence-electron chi connectivity index (χ4n) is 5.12. The lowest BCUT2D eigenvalue weighted by atomic mass is 9.63. The molecular weight excluding hydrogens is 439 g/mol. The molecule has 1 saturated heterocycles. The number of halogens is 4. The highest BCUT2D eigenvalue weighted by atomic mass is 35.5. The highest BCUT2D eigenvalue weighted by Gasteiger charge is 2.43. The summed E-state index contributed by atoms with van der Waals surface area (Å²) in [6, 6.07) is 12.9. The number of piperidine rings is 1. The number of aliphatic hydroxyl groups is 1. The van der Waals surface area contributed by atoms with Crippen molar-refractivity contribution in [1.29, 1.82) is 0 Å². The number of hydrogen-bond donors (Lipinski definition) is 1. The van der Waals surface area contributed by atoms with Crippen LogP contribution in [0.5, 0.6) is 5.75 Å². The Morgan fingerprint density at radius 3 is 2.28 bits per heavy atom. The van der Waals surface area contributed by atoms with Gasteiger partial charge in [0.25, 0.3) is 0 Å². The van der Waals surface area contributed by atoms with Crippen LogP contribution in [0.25, 0.3) is 0 Å². The van der Waals surface area contributed by atoms with Crippen molar-refractivity contribution in [3.8, 4) is 5.75 Å². The fraction of sp³-hybridized carbons (Fsp3) is 0.520. The number of rotatable bonds is 7. The molecule has 2 unspecified atom stereocenters. The minimum absolute atomic E-state index is 0.0146. The lowest BCUT2D eigenvalue weighted by molar-refractivity contribution is -0.137. The molecule has 0 spiro atoms. The van der Waals surface area contributed by atoms with E-state index in [1.54, 1.807) is 0 Å². The molecule has 1 heterocycles. The second-order valence-corrected chi connectivity index (χ2v) is 9.53. The standard InChI is InChI=1S/C25H29ClF3NO2/c26-21-8-4-19(5-9-21)24(12-2-13-24)17-30-14-1-3-18(15-31)23(30)16-32-22-10-6-20(7-11-22)25(27,28)29/h4-11,18,23,31H,1-3,12-17H2. The first-order valence-corrected chi connectivity index (χ1v) is 11.6. The highest BCUT2D eigenvalue weighted by molar-refractivity contribution is 6.30. The van der Waals surface area contributed by atoms with E-state index in [-0.39, 0.29) is 24.0 Å². The lowest BCUT2D eigenvalue weighted by Gasteiger charge is -2.50. The van der Waals surface area contributed by atoms with Crippen molar-refractivity contribution < 1.29 is 23.0 Å². The average molecular weight is 468 g/mol. The molecule has 2 aromatic rings. The maximum absolute atomic E-state index is 12.8. The molecule has 1 N–H and O–H groups in total. The number of alkyl halides is 3. The molecule has 2 aromatic carbocycles. The lowest BCUT2D eigenvalue weighted by Crippen LogP contribution is -2.55. The monoisotopic (exact) mass is 467 g/mol. The van der Waals surface area contributed by atoms with Crippen LogP contribution in [0.2, 0.25) is 5.02 Å². The van der Waals surface area contributed by atoms with E-state index in [1.807, 2.05) is 12.1 Å². The Labute approximate surface area is 192 Å². The van der Waals surface area contributed by atoms with Crippen LogP contribution in [0.1, 0.15) is 43.2 Å². The molecule has 2 atom stereocenters. The Hall–Kier alpha value is -1.76. The van der Waals surface area contributed by atoms with E-state index >= 15 is 0 Å². The number of nitrogens with zero attached hydrogens (tertiary/aromatic N) is 1. The molecule has 4 rings (SSSR count). The van der Waals surface area contributed by atoms with Gasteiger partial charge in [0.1, 0.15) is 12.4 Å². The second kappa shape index (κ2) is 9.62. The first-order chi connectivity index (χ1) is 15.3. The van der Waals surface area contributed by atoms with Gasteiger partial charge in [-0.2, -0.15) is 13.2 Å². The third-order valence-corrected chi connectivity index (χ3v) is 7.40. The minimum Gasteiger partial charge on any atom is -0.492 e. The quantitative estimate of drug-likeness (QED) is 0.547. The van der Waals surface area contributed by atoms with Crippen LogP contribution in [0.3, 0.4) is 0 Å². The predicted molar refractivity (Wildman–Crippen MR) is 119 cm³/mol. The number of hydrogen-bond acceptors (Lipinski definition) is 3. The Bertz CT molecular complexity index is 882. The van der Waals surface area contributed by atoms with Crippen molar-refractivity contribution in [3.05, 3.63) is 64.7 Å². The molecule has 3 nitrogen and oxygen atoms in total. The minimum atomic E-state index is -4.36. The van der Waals surface area contributed by atoms with Crippen LogP contribution >= 0.6 is 11.6 Å². The van der Waals surface area contributed by atoms with Gasteiger partial charge in [0.15, 0.2) is 0 Å². The van der Waals surface area contributed by atoms with Crippen molar-refractivity contribution in [2.24, 2.45) is 5.92 Å². The molecule has 174 valence electrons. The van der Waals surface area contributed by atoms with Crippen molar-refractivity contribution in [3.63, 3.8) is 0 Å². The molecule has 32 heavy (non-hydrogen) atoms. The molecule has 0 radical (unpaired) electrons. The van der Waals surface area contributed by atoms with Crippen LogP contribution in [0, 0.1) is 5.92 Å². The molecule has 0 bridgehead atoms. The van der Waals surface area contributed by atoms with Crippen LogP contribution in [0.15, 0.2) is 48.5 Å². The summed E-state index contributed by atoms with van der Waals surface area (Å²) in [4.78, 5) is 2.42. The number of aliphatic hydroxyl groups excluding tert-OH is 1. The van der Waals surface area contributed by atoms with Crippen LogP contribution in [-0.4, -0.2) is 42.4 Å². The van der Waals surface area contributed by atoms with E-state index in [4.69, 9.17) is 16.3 Å². The van der Waals surface area contributed by atoms with Gasteiger partial charge in [0.05, 0.1) is 5.56 Å². The average Bonchev–Trinajstić information content (AvgIpc) is 2.75. The largest absolute Gasteiger partial charge is 0.492 e. The van der Waals surface area contributed by atoms with Gasteiger partial charge in [-0.05, 0) is 74.2 Å². The number of benzene rings is 2. The Balaban J connectivity index is 1.47. The van der Waals surface area contributed by atoms with Gasteiger partial charge in [0.2, 0.25) is 0 Å². The Morgan fingerprint density at radius 1 is 1.03 bits per heavy atom. The molecule has 0 aromatic heterocycles. The fourth-order valence-corrected chi connectivity index (χ4v) is 5.25. The first-order valence-electron chi connectivity index (χ1n) is 11.2. The van der Waals surface area contributed by atoms with Crippen LogP contribution < -0.4 is 4.74 Å². The van der Waals surface area contributed by atoms with Crippen molar-refractivity contribution in [2.75, 3.05) is 26.3 Å². The van der Waals surface area contributed by atoms with E-state index in [0.717, 1.165) is 55.9 Å². The molecule has 2 aliphatic rings. The second-order valence-electron chi connectivity index (χ2n) is 9.10. The van der Waals surface area contributed by atoms with Gasteiger partial charge in [-0.1, -0.05) is 30.2 Å². The molecule has 1 saturated carbocycles. The summed E-state index contributed by atoms with van der Waals surface area (Å²) in [7, 11) is 0. The van der Waals surface area contributed by atoms with Gasteiger partial charge in [-0.25, -0.2) is 0 Å². The normalized spacial score (nSPS) is 23.5. The van der Waals surface area contributed by atoms with Crippen LogP contribution in [-0.2, 0) is 11.6 Å². The molecular formula is C25H29ClF3NO2. The van der Waals surface area contributed by atoms with E-state index in [2.05, 4.69) is 17.0 Å². The van der Waals surface area contributed by atoms with Gasteiger partial charge < -0.3 is 9.84 Å². The van der Waals surface area contributed by atoms with Crippen LogP contribution in [0.4, 0.5) is 13.2 Å². The van der Waals surface area contributed by atoms with Gasteiger partial charge in [-0.3, -0.25) is 4.90 Å². The number of likely N-dealkylation sites (tertiary alicyclic amines) is 1. The van der Waals surface area contributed by atoms with E-state index in [1.165, 1.54) is 24.1 Å². The number of ether oxygens (including phenoxy) is 1. The zero-order valence-electron chi connectivity index (χ0n) is 18.0. The Kier molecular flexibility index (Phi) is 7.03.